The lowest BCUT2D eigenvalue weighted by Gasteiger charge is -2.06. The van der Waals surface area contributed by atoms with Crippen molar-refractivity contribution in [3.63, 3.8) is 0 Å². The smallest absolute Gasteiger partial charge is 0.274 e. The second-order valence-corrected chi connectivity index (χ2v) is 4.58. The number of hydrogen-bond acceptors (Lipinski definition) is 3. The number of rotatable bonds is 4. The molecule has 0 bridgehead atoms. The van der Waals surface area contributed by atoms with Crippen molar-refractivity contribution >= 4 is 15.9 Å². The van der Waals surface area contributed by atoms with Crippen LogP contribution in [0.1, 0.15) is 20.3 Å². The molecule has 78 valence electrons. The van der Waals surface area contributed by atoms with E-state index in [9.17, 15) is 22.0 Å². The maximum Gasteiger partial charge on any atom is 0.355 e. The fourth-order valence-electron chi connectivity index (χ4n) is 0.616. The maximum absolute atomic E-state index is 11.7. The minimum Gasteiger partial charge on any atom is -0.274 e. The molecule has 0 spiro atoms. The highest BCUT2D eigenvalue weighted by atomic mass is 32.2. The van der Waals surface area contributed by atoms with Gasteiger partial charge in [-0.25, -0.2) is 13.1 Å². The molecule has 0 aromatic carbocycles. The van der Waals surface area contributed by atoms with Crippen molar-refractivity contribution in [3.05, 3.63) is 0 Å². The van der Waals surface area contributed by atoms with E-state index in [0.717, 1.165) is 0 Å². The molecule has 13 heavy (non-hydrogen) atoms. The van der Waals surface area contributed by atoms with E-state index in [1.165, 1.54) is 4.72 Å². The van der Waals surface area contributed by atoms with Crippen molar-refractivity contribution in [1.82, 2.24) is 4.72 Å². The molecule has 0 fully saturated rings. The zero-order valence-electron chi connectivity index (χ0n) is 7.25. The lowest BCUT2D eigenvalue weighted by atomic mass is 10.1. The van der Waals surface area contributed by atoms with Gasteiger partial charge in [0.25, 0.3) is 10.0 Å². The van der Waals surface area contributed by atoms with Crippen molar-refractivity contribution < 1.29 is 22.0 Å². The average Bonchev–Trinajstić information content (AvgIpc) is 1.82. The number of hydrogen-bond donors (Lipinski definition) is 1. The number of nitrogens with one attached hydrogen (secondary N) is 1. The van der Waals surface area contributed by atoms with Crippen LogP contribution in [0.25, 0.3) is 0 Å². The van der Waals surface area contributed by atoms with Gasteiger partial charge < -0.3 is 0 Å². The summed E-state index contributed by atoms with van der Waals surface area (Å²) >= 11 is 0. The van der Waals surface area contributed by atoms with E-state index in [4.69, 9.17) is 0 Å². The van der Waals surface area contributed by atoms with E-state index < -0.39 is 21.7 Å². The number of sulfonamides is 1. The minimum atomic E-state index is -4.78. The van der Waals surface area contributed by atoms with Crippen LogP contribution in [-0.2, 0) is 14.8 Å². The highest BCUT2D eigenvalue weighted by molar-refractivity contribution is 7.90. The Morgan fingerprint density at radius 2 is 1.85 bits per heavy atom. The second kappa shape index (κ2) is 4.50. The van der Waals surface area contributed by atoms with Gasteiger partial charge in [-0.3, -0.25) is 4.79 Å². The third-order valence-electron chi connectivity index (χ3n) is 1.08. The summed E-state index contributed by atoms with van der Waals surface area (Å²) in [5.74, 6) is -4.55. The van der Waals surface area contributed by atoms with Crippen molar-refractivity contribution in [2.45, 2.75) is 26.0 Å². The predicted molar refractivity (Wildman–Crippen MR) is 42.5 cm³/mol. The Kier molecular flexibility index (Phi) is 4.25. The highest BCUT2D eigenvalue weighted by Crippen LogP contribution is 2.04. The number of alkyl halides is 2. The molecule has 0 aliphatic heterocycles. The largest absolute Gasteiger partial charge is 0.355 e. The molecule has 0 heterocycles. The molecule has 0 aromatic heterocycles. The summed E-state index contributed by atoms with van der Waals surface area (Å²) in [5, 5.41) is 0. The molecule has 1 amide bonds. The van der Waals surface area contributed by atoms with Gasteiger partial charge in [0, 0.05) is 6.42 Å². The first kappa shape index (κ1) is 12.3. The van der Waals surface area contributed by atoms with Gasteiger partial charge in [0.05, 0.1) is 0 Å². The standard InChI is InChI=1S/C6H11F2NO3S/c1-4(2)3-5(10)9-13(11,12)6(7)8/h4,6H,3H2,1-2H3,(H,9,10). The van der Waals surface area contributed by atoms with Gasteiger partial charge in [0.1, 0.15) is 0 Å². The Bertz CT molecular complexity index is 274. The van der Waals surface area contributed by atoms with Crippen molar-refractivity contribution in [2.75, 3.05) is 0 Å². The van der Waals surface area contributed by atoms with Gasteiger partial charge >= 0.3 is 5.76 Å². The fourth-order valence-corrected chi connectivity index (χ4v) is 1.11. The normalized spacial score (nSPS) is 12.2. The van der Waals surface area contributed by atoms with Gasteiger partial charge in [0.2, 0.25) is 5.91 Å². The topological polar surface area (TPSA) is 63.2 Å². The first-order valence-corrected chi connectivity index (χ1v) is 5.13. The van der Waals surface area contributed by atoms with Crippen LogP contribution in [0.4, 0.5) is 8.78 Å². The molecule has 0 rings (SSSR count). The fraction of sp³-hybridized carbons (Fsp3) is 0.833. The maximum atomic E-state index is 11.7. The molecular formula is C6H11F2NO3S. The van der Waals surface area contributed by atoms with Gasteiger partial charge in [-0.1, -0.05) is 13.8 Å². The van der Waals surface area contributed by atoms with E-state index in [2.05, 4.69) is 0 Å². The molecular weight excluding hydrogens is 204 g/mol. The lowest BCUT2D eigenvalue weighted by Crippen LogP contribution is -2.35. The van der Waals surface area contributed by atoms with E-state index in [0.29, 0.717) is 0 Å². The molecule has 0 unspecified atom stereocenters. The monoisotopic (exact) mass is 215 g/mol. The van der Waals surface area contributed by atoms with E-state index in [1.807, 2.05) is 0 Å². The summed E-state index contributed by atoms with van der Waals surface area (Å²) in [5.41, 5.74) is 0. The molecule has 1 N–H and O–H groups in total. The van der Waals surface area contributed by atoms with Crippen LogP contribution >= 0.6 is 0 Å². The van der Waals surface area contributed by atoms with Crippen LogP contribution in [0, 0.1) is 5.92 Å². The number of halogens is 2. The van der Waals surface area contributed by atoms with Crippen molar-refractivity contribution in [2.24, 2.45) is 5.92 Å². The van der Waals surface area contributed by atoms with Crippen LogP contribution in [0.15, 0.2) is 0 Å². The van der Waals surface area contributed by atoms with Crippen LogP contribution in [0.5, 0.6) is 0 Å². The SMILES string of the molecule is CC(C)CC(=O)NS(=O)(=O)C(F)F. The Balaban J connectivity index is 4.22. The molecule has 4 nitrogen and oxygen atoms in total. The predicted octanol–water partition coefficient (Wildman–Crippen LogP) is 0.701. The average molecular weight is 215 g/mol. The van der Waals surface area contributed by atoms with Crippen molar-refractivity contribution in [1.29, 1.82) is 0 Å². The Labute approximate surface area is 75.4 Å². The summed E-state index contributed by atoms with van der Waals surface area (Å²) in [6, 6.07) is 0. The van der Waals surface area contributed by atoms with Crippen LogP contribution in [-0.4, -0.2) is 20.1 Å². The van der Waals surface area contributed by atoms with E-state index in [1.54, 1.807) is 13.8 Å². The number of carbonyl (C=O) groups is 1. The molecule has 0 aromatic rings. The molecule has 0 saturated carbocycles. The minimum absolute atomic E-state index is 0.0760. The summed E-state index contributed by atoms with van der Waals surface area (Å²) in [6.07, 6.45) is -0.0913. The van der Waals surface area contributed by atoms with Crippen molar-refractivity contribution in [3.8, 4) is 0 Å². The number of amides is 1. The van der Waals surface area contributed by atoms with E-state index in [-0.39, 0.29) is 12.3 Å². The Morgan fingerprint density at radius 1 is 1.38 bits per heavy atom. The molecule has 0 aliphatic rings. The highest BCUT2D eigenvalue weighted by Gasteiger charge is 2.25. The molecule has 0 radical (unpaired) electrons. The Hall–Kier alpha value is -0.720. The second-order valence-electron chi connectivity index (χ2n) is 2.93. The van der Waals surface area contributed by atoms with Gasteiger partial charge in [-0.2, -0.15) is 8.78 Å². The molecule has 0 atom stereocenters. The van der Waals surface area contributed by atoms with Gasteiger partial charge in [0.15, 0.2) is 0 Å². The summed E-state index contributed by atoms with van der Waals surface area (Å²) < 4.78 is 45.6. The number of carbonyl (C=O) groups excluding carboxylic acids is 1. The summed E-state index contributed by atoms with van der Waals surface area (Å²) in [7, 11) is -4.78. The quantitative estimate of drug-likeness (QED) is 0.750. The van der Waals surface area contributed by atoms with Crippen LogP contribution in [0.2, 0.25) is 0 Å². The Morgan fingerprint density at radius 3 is 2.15 bits per heavy atom. The zero-order valence-corrected chi connectivity index (χ0v) is 8.07. The lowest BCUT2D eigenvalue weighted by molar-refractivity contribution is -0.120. The summed E-state index contributed by atoms with van der Waals surface area (Å²) in [6.45, 7) is 3.35. The molecule has 0 aliphatic carbocycles. The van der Waals surface area contributed by atoms with Gasteiger partial charge in [-0.15, -0.1) is 0 Å². The summed E-state index contributed by atoms with van der Waals surface area (Å²) in [4.78, 5) is 10.7. The zero-order chi connectivity index (χ0) is 10.6. The van der Waals surface area contributed by atoms with Crippen LogP contribution < -0.4 is 4.72 Å². The molecule has 0 saturated heterocycles. The van der Waals surface area contributed by atoms with Crippen LogP contribution in [0.3, 0.4) is 0 Å². The van der Waals surface area contributed by atoms with Gasteiger partial charge in [-0.05, 0) is 5.92 Å². The first-order chi connectivity index (χ1) is 5.75. The molecule has 7 heteroatoms. The van der Waals surface area contributed by atoms with E-state index >= 15 is 0 Å². The third-order valence-corrected chi connectivity index (χ3v) is 2.07. The first-order valence-electron chi connectivity index (χ1n) is 3.58. The third kappa shape index (κ3) is 4.76.